The van der Waals surface area contributed by atoms with Gasteiger partial charge in [0.15, 0.2) is 0 Å². The second-order valence-corrected chi connectivity index (χ2v) is 5.71. The van der Waals surface area contributed by atoms with Crippen LogP contribution in [0.3, 0.4) is 0 Å². The lowest BCUT2D eigenvalue weighted by atomic mass is 9.81. The first-order chi connectivity index (χ1) is 9.71. The first kappa shape index (κ1) is 15.0. The highest BCUT2D eigenvalue weighted by atomic mass is 16.2. The van der Waals surface area contributed by atoms with Crippen molar-refractivity contribution in [3.8, 4) is 0 Å². The summed E-state index contributed by atoms with van der Waals surface area (Å²) >= 11 is 0. The van der Waals surface area contributed by atoms with Crippen LogP contribution in [0.25, 0.3) is 0 Å². The molecule has 0 aromatic carbocycles. The summed E-state index contributed by atoms with van der Waals surface area (Å²) in [6.45, 7) is 3.62. The number of carbonyl (C=O) groups excluding carboxylic acids is 1. The summed E-state index contributed by atoms with van der Waals surface area (Å²) in [7, 11) is 0. The van der Waals surface area contributed by atoms with E-state index in [0.29, 0.717) is 18.2 Å². The molecule has 0 saturated heterocycles. The number of amides is 1. The molecule has 0 spiro atoms. The van der Waals surface area contributed by atoms with E-state index >= 15 is 0 Å². The normalized spacial score (nSPS) is 22.7. The Bertz CT molecular complexity index is 423. The molecule has 1 heterocycles. The third-order valence-electron chi connectivity index (χ3n) is 4.23. The van der Waals surface area contributed by atoms with Gasteiger partial charge in [-0.2, -0.15) is 0 Å². The van der Waals surface area contributed by atoms with Gasteiger partial charge in [0.05, 0.1) is 11.9 Å². The summed E-state index contributed by atoms with van der Waals surface area (Å²) in [5.74, 6) is 1.53. The van der Waals surface area contributed by atoms with Gasteiger partial charge in [0, 0.05) is 13.1 Å². The van der Waals surface area contributed by atoms with Gasteiger partial charge < -0.3 is 11.1 Å². The molecule has 1 saturated carbocycles. The molecule has 0 unspecified atom stereocenters. The van der Waals surface area contributed by atoms with Gasteiger partial charge in [-0.1, -0.05) is 31.4 Å². The number of hydrogen-bond donors (Lipinski definition) is 2. The van der Waals surface area contributed by atoms with Crippen molar-refractivity contribution in [1.29, 1.82) is 0 Å². The minimum absolute atomic E-state index is 0.00362. The van der Waals surface area contributed by atoms with Gasteiger partial charge in [-0.3, -0.25) is 4.79 Å². The molecule has 2 rings (SSSR count). The highest BCUT2D eigenvalue weighted by molar-refractivity contribution is 5.75. The van der Waals surface area contributed by atoms with Crippen molar-refractivity contribution in [3.63, 3.8) is 0 Å². The quantitative estimate of drug-likeness (QED) is 0.815. The van der Waals surface area contributed by atoms with Gasteiger partial charge in [0.25, 0.3) is 0 Å². The largest absolute Gasteiger partial charge is 0.354 e. The fourth-order valence-electron chi connectivity index (χ4n) is 2.81. The van der Waals surface area contributed by atoms with Crippen LogP contribution in [0.2, 0.25) is 0 Å². The molecule has 3 N–H and O–H groups in total. The Balaban J connectivity index is 1.67. The van der Waals surface area contributed by atoms with Crippen molar-refractivity contribution in [2.75, 3.05) is 6.54 Å². The van der Waals surface area contributed by atoms with E-state index in [1.54, 1.807) is 6.20 Å². The molecule has 1 aliphatic rings. The lowest BCUT2D eigenvalue weighted by Gasteiger charge is -2.27. The predicted octanol–water partition coefficient (Wildman–Crippen LogP) is 1.07. The van der Waals surface area contributed by atoms with E-state index in [1.807, 2.05) is 0 Å². The van der Waals surface area contributed by atoms with Crippen molar-refractivity contribution in [1.82, 2.24) is 20.3 Å². The van der Waals surface area contributed by atoms with Crippen molar-refractivity contribution >= 4 is 5.91 Å². The van der Waals surface area contributed by atoms with E-state index in [-0.39, 0.29) is 12.5 Å². The highest BCUT2D eigenvalue weighted by Crippen LogP contribution is 2.29. The number of nitrogens with two attached hydrogens (primary N) is 1. The molecule has 1 aromatic rings. The second kappa shape index (κ2) is 7.38. The van der Waals surface area contributed by atoms with Gasteiger partial charge in [-0.15, -0.1) is 5.10 Å². The van der Waals surface area contributed by atoms with Crippen molar-refractivity contribution in [3.05, 3.63) is 11.9 Å². The molecule has 0 atom stereocenters. The predicted molar refractivity (Wildman–Crippen MR) is 76.7 cm³/mol. The SMILES string of the molecule is CCC1CCC(CNC(=O)Cn2cc(CN)nn2)CC1. The standard InChI is InChI=1S/C14H25N5O/c1-2-11-3-5-12(6-4-11)8-16-14(20)10-19-9-13(7-15)17-18-19/h9,11-12H,2-8,10,15H2,1H3,(H,16,20). The van der Waals surface area contributed by atoms with Crippen LogP contribution in [-0.2, 0) is 17.9 Å². The summed E-state index contributed by atoms with van der Waals surface area (Å²) in [4.78, 5) is 11.8. The Morgan fingerprint density at radius 3 is 2.70 bits per heavy atom. The minimum atomic E-state index is -0.00362. The Morgan fingerprint density at radius 1 is 1.40 bits per heavy atom. The van der Waals surface area contributed by atoms with Crippen molar-refractivity contribution < 1.29 is 4.79 Å². The second-order valence-electron chi connectivity index (χ2n) is 5.71. The number of nitrogens with zero attached hydrogens (tertiary/aromatic N) is 3. The van der Waals surface area contributed by atoms with E-state index < -0.39 is 0 Å². The molecule has 20 heavy (non-hydrogen) atoms. The number of rotatable bonds is 6. The van der Waals surface area contributed by atoms with Crippen LogP contribution in [0.5, 0.6) is 0 Å². The molecule has 0 radical (unpaired) electrons. The van der Waals surface area contributed by atoms with Crippen molar-refractivity contribution in [2.45, 2.75) is 52.1 Å². The van der Waals surface area contributed by atoms with Crippen LogP contribution in [0.1, 0.15) is 44.7 Å². The maximum Gasteiger partial charge on any atom is 0.241 e. The molecule has 0 bridgehead atoms. The first-order valence-electron chi connectivity index (χ1n) is 7.57. The summed E-state index contributed by atoms with van der Waals surface area (Å²) in [6.07, 6.45) is 8.08. The number of aromatic nitrogens is 3. The Kier molecular flexibility index (Phi) is 5.52. The summed E-state index contributed by atoms with van der Waals surface area (Å²) < 4.78 is 1.53. The lowest BCUT2D eigenvalue weighted by Crippen LogP contribution is -2.33. The van der Waals surface area contributed by atoms with E-state index in [9.17, 15) is 4.79 Å². The maximum absolute atomic E-state index is 11.8. The monoisotopic (exact) mass is 279 g/mol. The van der Waals surface area contributed by atoms with E-state index in [4.69, 9.17) is 5.73 Å². The summed E-state index contributed by atoms with van der Waals surface area (Å²) in [5, 5.41) is 10.7. The zero-order valence-electron chi connectivity index (χ0n) is 12.2. The average Bonchev–Trinajstić information content (AvgIpc) is 2.93. The maximum atomic E-state index is 11.8. The molecule has 112 valence electrons. The van der Waals surface area contributed by atoms with Gasteiger partial charge in [-0.25, -0.2) is 4.68 Å². The highest BCUT2D eigenvalue weighted by Gasteiger charge is 2.20. The molecule has 1 aromatic heterocycles. The van der Waals surface area contributed by atoms with Gasteiger partial charge in [0.2, 0.25) is 5.91 Å². The zero-order chi connectivity index (χ0) is 14.4. The minimum Gasteiger partial charge on any atom is -0.354 e. The third-order valence-corrected chi connectivity index (χ3v) is 4.23. The molecular weight excluding hydrogens is 254 g/mol. The zero-order valence-corrected chi connectivity index (χ0v) is 12.2. The lowest BCUT2D eigenvalue weighted by molar-refractivity contribution is -0.122. The number of hydrogen-bond acceptors (Lipinski definition) is 4. The van der Waals surface area contributed by atoms with Crippen LogP contribution in [0.15, 0.2) is 6.20 Å². The molecule has 6 nitrogen and oxygen atoms in total. The molecular formula is C14H25N5O. The fraction of sp³-hybridized carbons (Fsp3) is 0.786. The first-order valence-corrected chi connectivity index (χ1v) is 7.57. The van der Waals surface area contributed by atoms with Crippen LogP contribution in [0, 0.1) is 11.8 Å². The van der Waals surface area contributed by atoms with E-state index in [1.165, 1.54) is 36.8 Å². The third kappa shape index (κ3) is 4.30. The van der Waals surface area contributed by atoms with Gasteiger partial charge >= 0.3 is 0 Å². The van der Waals surface area contributed by atoms with Crippen LogP contribution in [-0.4, -0.2) is 27.4 Å². The van der Waals surface area contributed by atoms with Crippen LogP contribution in [0.4, 0.5) is 0 Å². The van der Waals surface area contributed by atoms with E-state index in [0.717, 1.165) is 12.5 Å². The van der Waals surface area contributed by atoms with Crippen LogP contribution >= 0.6 is 0 Å². The average molecular weight is 279 g/mol. The Labute approximate surface area is 120 Å². The van der Waals surface area contributed by atoms with Crippen molar-refractivity contribution in [2.24, 2.45) is 17.6 Å². The molecule has 1 amide bonds. The Morgan fingerprint density at radius 2 is 2.10 bits per heavy atom. The van der Waals surface area contributed by atoms with Gasteiger partial charge in [0.1, 0.15) is 6.54 Å². The number of carbonyl (C=O) groups is 1. The molecule has 0 aliphatic heterocycles. The smallest absolute Gasteiger partial charge is 0.241 e. The molecule has 1 fully saturated rings. The van der Waals surface area contributed by atoms with E-state index in [2.05, 4.69) is 22.6 Å². The number of nitrogens with one attached hydrogen (secondary N) is 1. The fourth-order valence-corrected chi connectivity index (χ4v) is 2.81. The molecule has 1 aliphatic carbocycles. The summed E-state index contributed by atoms with van der Waals surface area (Å²) in [5.41, 5.74) is 6.16. The summed E-state index contributed by atoms with van der Waals surface area (Å²) in [6, 6.07) is 0. The molecule has 6 heteroatoms. The van der Waals surface area contributed by atoms with Gasteiger partial charge in [-0.05, 0) is 24.7 Å². The topological polar surface area (TPSA) is 85.8 Å². The van der Waals surface area contributed by atoms with Crippen LogP contribution < -0.4 is 11.1 Å². The Hall–Kier alpha value is -1.43.